The summed E-state index contributed by atoms with van der Waals surface area (Å²) in [7, 11) is 0. The van der Waals surface area contributed by atoms with Gasteiger partial charge in [-0.15, -0.1) is 0 Å². The predicted molar refractivity (Wildman–Crippen MR) is 115 cm³/mol. The van der Waals surface area contributed by atoms with Crippen molar-refractivity contribution in [1.82, 2.24) is 20.5 Å². The van der Waals surface area contributed by atoms with Crippen molar-refractivity contribution in [3.8, 4) is 11.6 Å². The van der Waals surface area contributed by atoms with Crippen LogP contribution < -0.4 is 15.4 Å². The number of benzene rings is 1. The number of ether oxygens (including phenoxy) is 2. The van der Waals surface area contributed by atoms with E-state index in [1.54, 1.807) is 18.3 Å². The van der Waals surface area contributed by atoms with Gasteiger partial charge in [0.2, 0.25) is 5.88 Å². The van der Waals surface area contributed by atoms with Crippen molar-refractivity contribution < 1.29 is 13.9 Å². The first kappa shape index (κ1) is 22.0. The molecule has 1 atom stereocenters. The fraction of sp³-hybridized carbons (Fsp3) is 0.455. The molecule has 0 aliphatic carbocycles. The van der Waals surface area contributed by atoms with Crippen molar-refractivity contribution in [3.63, 3.8) is 0 Å². The Morgan fingerprint density at radius 3 is 2.73 bits per heavy atom. The second-order valence-electron chi connectivity index (χ2n) is 7.13. The zero-order valence-electron chi connectivity index (χ0n) is 17.6. The Kier molecular flexibility index (Phi) is 8.41. The number of hydrogen-bond donors (Lipinski definition) is 2. The molecule has 0 bridgehead atoms. The molecule has 1 fully saturated rings. The first-order chi connectivity index (χ1) is 14.6. The molecule has 3 rings (SSSR count). The molecule has 1 aliphatic rings. The van der Waals surface area contributed by atoms with Crippen LogP contribution in [0.1, 0.15) is 19.4 Å². The van der Waals surface area contributed by atoms with E-state index in [1.165, 1.54) is 12.1 Å². The van der Waals surface area contributed by atoms with Crippen LogP contribution in [0.15, 0.2) is 47.6 Å². The lowest BCUT2D eigenvalue weighted by Gasteiger charge is -2.32. The molecule has 1 saturated heterocycles. The first-order valence-corrected chi connectivity index (χ1v) is 10.4. The number of pyridine rings is 1. The lowest BCUT2D eigenvalue weighted by atomic mass is 10.2. The Morgan fingerprint density at radius 1 is 1.23 bits per heavy atom. The minimum atomic E-state index is -0.301. The van der Waals surface area contributed by atoms with Gasteiger partial charge in [-0.1, -0.05) is 0 Å². The topological polar surface area (TPSA) is 71.0 Å². The third kappa shape index (κ3) is 6.96. The lowest BCUT2D eigenvalue weighted by Crippen LogP contribution is -2.49. The van der Waals surface area contributed by atoms with Gasteiger partial charge in [0.1, 0.15) is 11.6 Å². The predicted octanol–water partition coefficient (Wildman–Crippen LogP) is 2.79. The molecule has 1 aromatic heterocycles. The zero-order chi connectivity index (χ0) is 21.2. The van der Waals surface area contributed by atoms with Crippen LogP contribution in [0.2, 0.25) is 0 Å². The Bertz CT molecular complexity index is 809. The molecule has 2 N–H and O–H groups in total. The van der Waals surface area contributed by atoms with Crippen molar-refractivity contribution in [2.75, 3.05) is 39.4 Å². The Labute approximate surface area is 177 Å². The largest absolute Gasteiger partial charge is 0.439 e. The minimum Gasteiger partial charge on any atom is -0.439 e. The van der Waals surface area contributed by atoms with Gasteiger partial charge in [-0.2, -0.15) is 0 Å². The molecule has 7 nitrogen and oxygen atoms in total. The van der Waals surface area contributed by atoms with Gasteiger partial charge >= 0.3 is 0 Å². The van der Waals surface area contributed by atoms with E-state index in [4.69, 9.17) is 9.47 Å². The van der Waals surface area contributed by atoms with E-state index in [0.29, 0.717) is 24.2 Å². The molecule has 1 aromatic carbocycles. The van der Waals surface area contributed by atoms with Crippen molar-refractivity contribution in [2.45, 2.75) is 26.4 Å². The average Bonchev–Trinajstić information content (AvgIpc) is 2.78. The van der Waals surface area contributed by atoms with Gasteiger partial charge in [0.15, 0.2) is 5.96 Å². The SMILES string of the molecule is CCNC(=NCc1ccnc(Oc2ccc(F)cc2)c1)NCC(C)N1CCOCC1. The van der Waals surface area contributed by atoms with Crippen molar-refractivity contribution in [3.05, 3.63) is 54.0 Å². The number of halogens is 1. The van der Waals surface area contributed by atoms with Crippen LogP contribution in [-0.2, 0) is 11.3 Å². The summed E-state index contributed by atoms with van der Waals surface area (Å²) in [6, 6.07) is 10.0. The monoisotopic (exact) mass is 415 g/mol. The maximum atomic E-state index is 13.0. The van der Waals surface area contributed by atoms with Crippen LogP contribution in [0.3, 0.4) is 0 Å². The summed E-state index contributed by atoms with van der Waals surface area (Å²) in [4.78, 5) is 11.3. The second-order valence-corrected chi connectivity index (χ2v) is 7.13. The van der Waals surface area contributed by atoms with Gasteiger partial charge in [0, 0.05) is 44.5 Å². The molecular weight excluding hydrogens is 385 g/mol. The fourth-order valence-corrected chi connectivity index (χ4v) is 3.13. The third-order valence-electron chi connectivity index (χ3n) is 4.83. The van der Waals surface area contributed by atoms with Crippen LogP contribution in [0.4, 0.5) is 4.39 Å². The summed E-state index contributed by atoms with van der Waals surface area (Å²) in [5, 5.41) is 6.71. The summed E-state index contributed by atoms with van der Waals surface area (Å²) >= 11 is 0. The Morgan fingerprint density at radius 2 is 2.00 bits per heavy atom. The highest BCUT2D eigenvalue weighted by atomic mass is 19.1. The number of hydrogen-bond acceptors (Lipinski definition) is 5. The maximum Gasteiger partial charge on any atom is 0.219 e. The molecule has 162 valence electrons. The van der Waals surface area contributed by atoms with Gasteiger partial charge in [-0.25, -0.2) is 14.4 Å². The van der Waals surface area contributed by atoms with Gasteiger partial charge in [-0.05, 0) is 49.7 Å². The number of aromatic nitrogens is 1. The number of guanidine groups is 1. The molecule has 0 radical (unpaired) electrons. The van der Waals surface area contributed by atoms with Crippen molar-refractivity contribution in [2.24, 2.45) is 4.99 Å². The molecule has 1 aliphatic heterocycles. The van der Waals surface area contributed by atoms with Crippen molar-refractivity contribution in [1.29, 1.82) is 0 Å². The standard InChI is InChI=1S/C22H30FN5O2/c1-3-24-22(26-15-17(2)28-10-12-29-13-11-28)27-16-18-8-9-25-21(14-18)30-20-6-4-19(23)5-7-20/h4-9,14,17H,3,10-13,15-16H2,1-2H3,(H2,24,26,27). The average molecular weight is 416 g/mol. The summed E-state index contributed by atoms with van der Waals surface area (Å²) < 4.78 is 24.2. The molecule has 8 heteroatoms. The molecule has 2 heterocycles. The highest BCUT2D eigenvalue weighted by molar-refractivity contribution is 5.79. The number of nitrogens with one attached hydrogen (secondary N) is 2. The highest BCUT2D eigenvalue weighted by Gasteiger charge is 2.17. The van der Waals surface area contributed by atoms with E-state index in [1.807, 2.05) is 19.1 Å². The zero-order valence-corrected chi connectivity index (χ0v) is 17.6. The van der Waals surface area contributed by atoms with Gasteiger partial charge in [0.05, 0.1) is 19.8 Å². The fourth-order valence-electron chi connectivity index (χ4n) is 3.13. The summed E-state index contributed by atoms with van der Waals surface area (Å²) in [6.45, 7) is 9.85. The van der Waals surface area contributed by atoms with Gasteiger partial charge in [0.25, 0.3) is 0 Å². The molecular formula is C22H30FN5O2. The number of nitrogens with zero attached hydrogens (tertiary/aromatic N) is 3. The van der Waals surface area contributed by atoms with E-state index >= 15 is 0 Å². The minimum absolute atomic E-state index is 0.301. The van der Waals surface area contributed by atoms with Crippen LogP contribution in [0, 0.1) is 5.82 Å². The molecule has 2 aromatic rings. The van der Waals surface area contributed by atoms with E-state index in [0.717, 1.165) is 50.9 Å². The number of aliphatic imine (C=N–C) groups is 1. The molecule has 0 amide bonds. The van der Waals surface area contributed by atoms with Gasteiger partial charge < -0.3 is 20.1 Å². The summed E-state index contributed by atoms with van der Waals surface area (Å²) in [5.74, 6) is 1.46. The molecule has 1 unspecified atom stereocenters. The smallest absolute Gasteiger partial charge is 0.219 e. The van der Waals surface area contributed by atoms with Gasteiger partial charge in [-0.3, -0.25) is 4.90 Å². The van der Waals surface area contributed by atoms with E-state index in [-0.39, 0.29) is 5.82 Å². The summed E-state index contributed by atoms with van der Waals surface area (Å²) in [6.07, 6.45) is 1.69. The number of morpholine rings is 1. The quantitative estimate of drug-likeness (QED) is 0.510. The molecule has 0 saturated carbocycles. The molecule has 30 heavy (non-hydrogen) atoms. The second kappa shape index (κ2) is 11.5. The van der Waals surface area contributed by atoms with E-state index < -0.39 is 0 Å². The first-order valence-electron chi connectivity index (χ1n) is 10.4. The van der Waals surface area contributed by atoms with E-state index in [9.17, 15) is 4.39 Å². The Hall–Kier alpha value is -2.71. The van der Waals surface area contributed by atoms with Crippen LogP contribution in [-0.4, -0.2) is 61.3 Å². The lowest BCUT2D eigenvalue weighted by molar-refractivity contribution is 0.0211. The van der Waals surface area contributed by atoms with Crippen molar-refractivity contribution >= 4 is 5.96 Å². The third-order valence-corrected chi connectivity index (χ3v) is 4.83. The van der Waals surface area contributed by atoms with Crippen LogP contribution >= 0.6 is 0 Å². The van der Waals surface area contributed by atoms with E-state index in [2.05, 4.69) is 32.4 Å². The molecule has 0 spiro atoms. The maximum absolute atomic E-state index is 13.0. The van der Waals surface area contributed by atoms with Crippen LogP contribution in [0.5, 0.6) is 11.6 Å². The van der Waals surface area contributed by atoms with Crippen LogP contribution in [0.25, 0.3) is 0 Å². The normalized spacial score (nSPS) is 16.2. The Balaban J connectivity index is 1.56. The highest BCUT2D eigenvalue weighted by Crippen LogP contribution is 2.20. The summed E-state index contributed by atoms with van der Waals surface area (Å²) in [5.41, 5.74) is 0.973. The number of rotatable bonds is 8.